The second-order valence-electron chi connectivity index (χ2n) is 7.51. The summed E-state index contributed by atoms with van der Waals surface area (Å²) in [6.07, 6.45) is 1.99. The molecule has 0 aliphatic rings. The lowest BCUT2D eigenvalue weighted by atomic mass is 9.64. The van der Waals surface area contributed by atoms with E-state index in [-0.39, 0.29) is 11.8 Å². The average Bonchev–Trinajstić information content (AvgIpc) is 2.30. The summed E-state index contributed by atoms with van der Waals surface area (Å²) in [5.41, 5.74) is -1.16. The standard InChI is InChI=1S/C17H32O4/c1-11(2)7-8-17(16(20)21,10-13(5)6)14(15(18)19)9-12(3)4/h11-14H,7-10H2,1-6H3,(H,18,19)(H,20,21). The first-order valence-electron chi connectivity index (χ1n) is 7.99. The fourth-order valence-electron chi connectivity index (χ4n) is 3.07. The van der Waals surface area contributed by atoms with Crippen LogP contribution in [0.3, 0.4) is 0 Å². The van der Waals surface area contributed by atoms with Gasteiger partial charge in [-0.05, 0) is 43.4 Å². The van der Waals surface area contributed by atoms with Crippen molar-refractivity contribution in [3.05, 3.63) is 0 Å². The number of hydrogen-bond acceptors (Lipinski definition) is 2. The van der Waals surface area contributed by atoms with Gasteiger partial charge in [0.2, 0.25) is 0 Å². The summed E-state index contributed by atoms with van der Waals surface area (Å²) in [6, 6.07) is 0. The van der Waals surface area contributed by atoms with Gasteiger partial charge in [0.15, 0.2) is 0 Å². The van der Waals surface area contributed by atoms with Crippen molar-refractivity contribution in [1.29, 1.82) is 0 Å². The molecule has 0 bridgehead atoms. The number of hydrogen-bond donors (Lipinski definition) is 2. The minimum atomic E-state index is -1.16. The quantitative estimate of drug-likeness (QED) is 0.631. The van der Waals surface area contributed by atoms with E-state index in [9.17, 15) is 19.8 Å². The van der Waals surface area contributed by atoms with Gasteiger partial charge in [-0.15, -0.1) is 0 Å². The van der Waals surface area contributed by atoms with Crippen molar-refractivity contribution in [2.45, 2.75) is 67.2 Å². The highest BCUT2D eigenvalue weighted by molar-refractivity contribution is 5.83. The normalized spacial score (nSPS) is 16.2. The molecule has 0 aliphatic heterocycles. The molecule has 0 spiro atoms. The Hall–Kier alpha value is -1.06. The molecule has 0 rings (SSSR count). The Morgan fingerprint density at radius 1 is 0.905 bits per heavy atom. The van der Waals surface area contributed by atoms with Crippen LogP contribution in [0, 0.1) is 29.1 Å². The Morgan fingerprint density at radius 2 is 1.43 bits per heavy atom. The molecule has 0 aromatic rings. The number of rotatable bonds is 10. The zero-order valence-corrected chi connectivity index (χ0v) is 14.3. The maximum absolute atomic E-state index is 12.0. The molecule has 0 amide bonds. The molecule has 2 atom stereocenters. The molecule has 21 heavy (non-hydrogen) atoms. The van der Waals surface area contributed by atoms with Crippen LogP contribution < -0.4 is 0 Å². The molecule has 0 saturated heterocycles. The van der Waals surface area contributed by atoms with Gasteiger partial charge in [0, 0.05) is 0 Å². The van der Waals surface area contributed by atoms with Crippen molar-refractivity contribution < 1.29 is 19.8 Å². The van der Waals surface area contributed by atoms with Crippen LogP contribution in [0.4, 0.5) is 0 Å². The molecule has 0 heterocycles. The van der Waals surface area contributed by atoms with E-state index >= 15 is 0 Å². The van der Waals surface area contributed by atoms with Gasteiger partial charge in [-0.3, -0.25) is 9.59 Å². The lowest BCUT2D eigenvalue weighted by Crippen LogP contribution is -2.44. The van der Waals surface area contributed by atoms with Gasteiger partial charge < -0.3 is 10.2 Å². The van der Waals surface area contributed by atoms with E-state index < -0.39 is 23.3 Å². The molecule has 0 saturated carbocycles. The summed E-state index contributed by atoms with van der Waals surface area (Å²) in [7, 11) is 0. The number of carbonyl (C=O) groups is 2. The predicted molar refractivity (Wildman–Crippen MR) is 84.2 cm³/mol. The zero-order chi connectivity index (χ0) is 16.8. The van der Waals surface area contributed by atoms with Crippen molar-refractivity contribution in [2.24, 2.45) is 29.1 Å². The molecule has 2 unspecified atom stereocenters. The fourth-order valence-corrected chi connectivity index (χ4v) is 3.07. The van der Waals surface area contributed by atoms with Gasteiger partial charge >= 0.3 is 11.9 Å². The molecular weight excluding hydrogens is 268 g/mol. The van der Waals surface area contributed by atoms with E-state index in [0.717, 1.165) is 6.42 Å². The summed E-state index contributed by atoms with van der Waals surface area (Å²) < 4.78 is 0. The minimum absolute atomic E-state index is 0.155. The minimum Gasteiger partial charge on any atom is -0.481 e. The first-order valence-corrected chi connectivity index (χ1v) is 7.99. The van der Waals surface area contributed by atoms with Gasteiger partial charge in [-0.1, -0.05) is 41.5 Å². The first-order chi connectivity index (χ1) is 9.52. The third-order valence-corrected chi connectivity index (χ3v) is 4.04. The Labute approximate surface area is 128 Å². The Morgan fingerprint density at radius 3 is 1.71 bits per heavy atom. The fraction of sp³-hybridized carbons (Fsp3) is 0.882. The summed E-state index contributed by atoms with van der Waals surface area (Å²) >= 11 is 0. The Kier molecular flexibility index (Phi) is 7.98. The smallest absolute Gasteiger partial charge is 0.310 e. The lowest BCUT2D eigenvalue weighted by molar-refractivity contribution is -0.166. The first kappa shape index (κ1) is 19.9. The van der Waals surface area contributed by atoms with Crippen LogP contribution in [-0.2, 0) is 9.59 Å². The number of aliphatic carboxylic acids is 2. The molecule has 0 aliphatic carbocycles. The number of carboxylic acid groups (broad SMARTS) is 2. The van der Waals surface area contributed by atoms with Crippen LogP contribution in [-0.4, -0.2) is 22.2 Å². The van der Waals surface area contributed by atoms with Crippen LogP contribution in [0.2, 0.25) is 0 Å². The van der Waals surface area contributed by atoms with Gasteiger partial charge in [0.1, 0.15) is 0 Å². The Bertz CT molecular complexity index is 347. The molecule has 0 fully saturated rings. The molecule has 0 aromatic heterocycles. The van der Waals surface area contributed by atoms with Crippen molar-refractivity contribution in [3.8, 4) is 0 Å². The maximum atomic E-state index is 12.0. The van der Waals surface area contributed by atoms with Crippen molar-refractivity contribution >= 4 is 11.9 Å². The predicted octanol–water partition coefficient (Wildman–Crippen LogP) is 4.29. The van der Waals surface area contributed by atoms with Crippen LogP contribution in [0.1, 0.15) is 67.2 Å². The summed E-state index contributed by atoms with van der Waals surface area (Å²) in [5, 5.41) is 19.5. The molecule has 2 N–H and O–H groups in total. The van der Waals surface area contributed by atoms with Crippen LogP contribution in [0.25, 0.3) is 0 Å². The van der Waals surface area contributed by atoms with E-state index in [0.29, 0.717) is 25.2 Å². The second kappa shape index (κ2) is 8.40. The van der Waals surface area contributed by atoms with Crippen molar-refractivity contribution in [3.63, 3.8) is 0 Å². The van der Waals surface area contributed by atoms with E-state index in [4.69, 9.17) is 0 Å². The number of carboxylic acids is 2. The van der Waals surface area contributed by atoms with Crippen LogP contribution in [0.15, 0.2) is 0 Å². The molecule has 0 aromatic carbocycles. The maximum Gasteiger partial charge on any atom is 0.310 e. The average molecular weight is 300 g/mol. The van der Waals surface area contributed by atoms with E-state index in [1.54, 1.807) is 0 Å². The molecular formula is C17H32O4. The third-order valence-electron chi connectivity index (χ3n) is 4.04. The highest BCUT2D eigenvalue weighted by Gasteiger charge is 2.49. The summed E-state index contributed by atoms with van der Waals surface area (Å²) in [4.78, 5) is 23.8. The monoisotopic (exact) mass is 300 g/mol. The van der Waals surface area contributed by atoms with Gasteiger partial charge in [0.05, 0.1) is 11.3 Å². The van der Waals surface area contributed by atoms with Gasteiger partial charge in [-0.25, -0.2) is 0 Å². The lowest BCUT2D eigenvalue weighted by Gasteiger charge is -2.37. The molecule has 124 valence electrons. The summed E-state index contributed by atoms with van der Waals surface area (Å²) in [5.74, 6) is -2.07. The third kappa shape index (κ3) is 6.06. The van der Waals surface area contributed by atoms with Gasteiger partial charge in [-0.2, -0.15) is 0 Å². The molecule has 4 heteroatoms. The second-order valence-corrected chi connectivity index (χ2v) is 7.51. The molecule has 4 nitrogen and oxygen atoms in total. The molecule has 0 radical (unpaired) electrons. The van der Waals surface area contributed by atoms with Crippen LogP contribution in [0.5, 0.6) is 0 Å². The van der Waals surface area contributed by atoms with Crippen LogP contribution >= 0.6 is 0 Å². The highest BCUT2D eigenvalue weighted by Crippen LogP contribution is 2.43. The van der Waals surface area contributed by atoms with Crippen molar-refractivity contribution in [1.82, 2.24) is 0 Å². The SMILES string of the molecule is CC(C)CCC(CC(C)C)(C(=O)O)C(CC(C)C)C(=O)O. The van der Waals surface area contributed by atoms with E-state index in [1.165, 1.54) is 0 Å². The zero-order valence-electron chi connectivity index (χ0n) is 14.3. The van der Waals surface area contributed by atoms with Crippen molar-refractivity contribution in [2.75, 3.05) is 0 Å². The topological polar surface area (TPSA) is 74.6 Å². The summed E-state index contributed by atoms with van der Waals surface area (Å²) in [6.45, 7) is 11.9. The van der Waals surface area contributed by atoms with E-state index in [1.807, 2.05) is 41.5 Å². The van der Waals surface area contributed by atoms with Gasteiger partial charge in [0.25, 0.3) is 0 Å². The highest BCUT2D eigenvalue weighted by atomic mass is 16.4. The van der Waals surface area contributed by atoms with E-state index in [2.05, 4.69) is 0 Å². The Balaban J connectivity index is 5.66. The largest absolute Gasteiger partial charge is 0.481 e.